The predicted molar refractivity (Wildman–Crippen MR) is 125 cm³/mol. The lowest BCUT2D eigenvalue weighted by Crippen LogP contribution is -2.50. The Labute approximate surface area is 192 Å². The van der Waals surface area contributed by atoms with Gasteiger partial charge in [0.1, 0.15) is 5.76 Å². The highest BCUT2D eigenvalue weighted by Gasteiger charge is 2.24. The largest absolute Gasteiger partial charge is 0.469 e. The van der Waals surface area contributed by atoms with Gasteiger partial charge in [0.25, 0.3) is 0 Å². The van der Waals surface area contributed by atoms with Gasteiger partial charge in [-0.2, -0.15) is 0 Å². The second kappa shape index (κ2) is 14.0. The zero-order chi connectivity index (χ0) is 22.4. The minimum absolute atomic E-state index is 0.214. The van der Waals surface area contributed by atoms with Crippen LogP contribution in [-0.4, -0.2) is 68.5 Å². The van der Waals surface area contributed by atoms with Crippen LogP contribution in [0.1, 0.15) is 64.1 Å². The number of likely N-dealkylation sites (tertiary alicyclic amines) is 1. The molecule has 8 heteroatoms. The van der Waals surface area contributed by atoms with Crippen LogP contribution in [0.25, 0.3) is 0 Å². The molecule has 1 saturated carbocycles. The van der Waals surface area contributed by atoms with Crippen molar-refractivity contribution in [1.29, 1.82) is 0 Å². The van der Waals surface area contributed by atoms with E-state index in [9.17, 15) is 4.79 Å². The van der Waals surface area contributed by atoms with E-state index >= 15 is 0 Å². The third-order valence-electron chi connectivity index (χ3n) is 6.08. The first-order valence-corrected chi connectivity index (χ1v) is 12.3. The predicted octanol–water partition coefficient (Wildman–Crippen LogP) is 3.72. The number of hydrogen-bond donors (Lipinski definition) is 2. The molecule has 2 N–H and O–H groups in total. The fourth-order valence-corrected chi connectivity index (χ4v) is 4.26. The minimum Gasteiger partial charge on any atom is -0.469 e. The lowest BCUT2D eigenvalue weighted by atomic mass is 9.98. The van der Waals surface area contributed by atoms with E-state index in [-0.39, 0.29) is 12.1 Å². The lowest BCUT2D eigenvalue weighted by Gasteiger charge is -2.32. The Morgan fingerprint density at radius 2 is 2.03 bits per heavy atom. The Morgan fingerprint density at radius 1 is 1.22 bits per heavy atom. The number of rotatable bonds is 10. The Morgan fingerprint density at radius 3 is 2.75 bits per heavy atom. The highest BCUT2D eigenvalue weighted by atomic mass is 16.6. The number of carbonyl (C=O) groups is 1. The number of ether oxygens (including phenoxy) is 2. The zero-order valence-electron chi connectivity index (χ0n) is 19.5. The Balaban J connectivity index is 1.41. The molecule has 1 saturated heterocycles. The van der Waals surface area contributed by atoms with Crippen LogP contribution < -0.4 is 10.6 Å². The van der Waals surface area contributed by atoms with Crippen LogP contribution in [-0.2, 0) is 15.9 Å². The van der Waals surface area contributed by atoms with Crippen LogP contribution in [0, 0.1) is 0 Å². The molecule has 2 aliphatic rings. The molecule has 0 atom stereocenters. The summed E-state index contributed by atoms with van der Waals surface area (Å²) < 4.78 is 16.6. The monoisotopic (exact) mass is 448 g/mol. The van der Waals surface area contributed by atoms with Gasteiger partial charge in [-0.1, -0.05) is 19.3 Å². The van der Waals surface area contributed by atoms with E-state index in [1.807, 2.05) is 19.1 Å². The van der Waals surface area contributed by atoms with E-state index in [1.54, 1.807) is 11.2 Å². The standard InChI is InChI=1S/C24H40N4O4/c1-2-30-24(29)28-16-12-20(13-17-28)27-23(26-15-11-22-10-6-18-31-22)25-14-7-19-32-21-8-4-3-5-9-21/h6,10,18,20-21H,2-5,7-9,11-17,19H2,1H3,(H2,25,26,27). The van der Waals surface area contributed by atoms with Gasteiger partial charge in [0.15, 0.2) is 5.96 Å². The number of guanidine groups is 1. The maximum Gasteiger partial charge on any atom is 0.409 e. The van der Waals surface area contributed by atoms with Crippen LogP contribution >= 0.6 is 0 Å². The molecule has 1 aromatic rings. The summed E-state index contributed by atoms with van der Waals surface area (Å²) in [6.45, 7) is 5.90. The maximum absolute atomic E-state index is 11.9. The quantitative estimate of drug-likeness (QED) is 0.322. The molecule has 32 heavy (non-hydrogen) atoms. The highest BCUT2D eigenvalue weighted by Crippen LogP contribution is 2.20. The molecule has 0 unspecified atom stereocenters. The number of aliphatic imine (C=N–C) groups is 1. The van der Waals surface area contributed by atoms with E-state index in [0.717, 1.165) is 57.1 Å². The fourth-order valence-electron chi connectivity index (χ4n) is 4.26. The number of carbonyl (C=O) groups excluding carboxylic acids is 1. The Kier molecular flexibility index (Phi) is 10.7. The van der Waals surface area contributed by atoms with E-state index in [2.05, 4.69) is 10.6 Å². The molecule has 2 heterocycles. The van der Waals surface area contributed by atoms with Crippen LogP contribution in [0.2, 0.25) is 0 Å². The van der Waals surface area contributed by atoms with Crippen molar-refractivity contribution < 1.29 is 18.7 Å². The number of amides is 1. The summed E-state index contributed by atoms with van der Waals surface area (Å²) >= 11 is 0. The number of hydrogen-bond acceptors (Lipinski definition) is 5. The van der Waals surface area contributed by atoms with Crippen molar-refractivity contribution in [3.05, 3.63) is 24.2 Å². The number of piperidine rings is 1. The third kappa shape index (κ3) is 8.73. The Bertz CT molecular complexity index is 666. The second-order valence-corrected chi connectivity index (χ2v) is 8.58. The van der Waals surface area contributed by atoms with Crippen LogP contribution in [0.15, 0.2) is 27.8 Å². The number of nitrogens with one attached hydrogen (secondary N) is 2. The molecule has 1 amide bonds. The van der Waals surface area contributed by atoms with Crippen molar-refractivity contribution in [2.45, 2.75) is 76.9 Å². The van der Waals surface area contributed by atoms with E-state index in [1.165, 1.54) is 32.1 Å². The van der Waals surface area contributed by atoms with Gasteiger partial charge in [-0.05, 0) is 51.2 Å². The van der Waals surface area contributed by atoms with Gasteiger partial charge >= 0.3 is 6.09 Å². The van der Waals surface area contributed by atoms with Crippen molar-refractivity contribution in [2.75, 3.05) is 39.4 Å². The molecule has 0 radical (unpaired) electrons. The third-order valence-corrected chi connectivity index (χ3v) is 6.08. The summed E-state index contributed by atoms with van der Waals surface area (Å²) in [6.07, 6.45) is 11.8. The first-order chi connectivity index (χ1) is 15.7. The molecular formula is C24H40N4O4. The first-order valence-electron chi connectivity index (χ1n) is 12.3. The van der Waals surface area contributed by atoms with Crippen molar-refractivity contribution in [3.8, 4) is 0 Å². The second-order valence-electron chi connectivity index (χ2n) is 8.58. The van der Waals surface area contributed by atoms with Crippen molar-refractivity contribution in [1.82, 2.24) is 15.5 Å². The first kappa shape index (κ1) is 24.4. The summed E-state index contributed by atoms with van der Waals surface area (Å²) in [4.78, 5) is 18.5. The maximum atomic E-state index is 11.9. The van der Waals surface area contributed by atoms with Gasteiger partial charge in [0, 0.05) is 45.2 Å². The van der Waals surface area contributed by atoms with E-state index in [0.29, 0.717) is 25.8 Å². The van der Waals surface area contributed by atoms with Crippen molar-refractivity contribution in [2.24, 2.45) is 4.99 Å². The molecule has 1 aliphatic carbocycles. The van der Waals surface area contributed by atoms with Gasteiger partial charge < -0.3 is 29.4 Å². The van der Waals surface area contributed by atoms with Gasteiger partial charge in [0.05, 0.1) is 19.0 Å². The van der Waals surface area contributed by atoms with Crippen molar-refractivity contribution in [3.63, 3.8) is 0 Å². The molecule has 180 valence electrons. The topological polar surface area (TPSA) is 88.3 Å². The SMILES string of the molecule is CCOC(=O)N1CCC(NC(=NCCCOC2CCCCC2)NCCc2ccco2)CC1. The highest BCUT2D eigenvalue weighted by molar-refractivity contribution is 5.80. The summed E-state index contributed by atoms with van der Waals surface area (Å²) in [5.41, 5.74) is 0. The van der Waals surface area contributed by atoms with Gasteiger partial charge in [-0.3, -0.25) is 4.99 Å². The molecule has 0 bridgehead atoms. The van der Waals surface area contributed by atoms with Crippen molar-refractivity contribution >= 4 is 12.1 Å². The van der Waals surface area contributed by atoms with E-state index < -0.39 is 0 Å². The Hall–Kier alpha value is -2.22. The van der Waals surface area contributed by atoms with Crippen LogP contribution in [0.5, 0.6) is 0 Å². The summed E-state index contributed by atoms with van der Waals surface area (Å²) in [5, 5.41) is 6.99. The molecule has 0 spiro atoms. The summed E-state index contributed by atoms with van der Waals surface area (Å²) in [6, 6.07) is 4.18. The average molecular weight is 449 g/mol. The minimum atomic E-state index is -0.214. The summed E-state index contributed by atoms with van der Waals surface area (Å²) in [7, 11) is 0. The van der Waals surface area contributed by atoms with Gasteiger partial charge in [-0.15, -0.1) is 0 Å². The lowest BCUT2D eigenvalue weighted by molar-refractivity contribution is 0.0281. The normalized spacial score (nSPS) is 18.5. The van der Waals surface area contributed by atoms with Gasteiger partial charge in [-0.25, -0.2) is 4.79 Å². The number of nitrogens with zero attached hydrogens (tertiary/aromatic N) is 2. The molecular weight excluding hydrogens is 408 g/mol. The number of furan rings is 1. The molecule has 3 rings (SSSR count). The van der Waals surface area contributed by atoms with Gasteiger partial charge in [0.2, 0.25) is 0 Å². The molecule has 8 nitrogen and oxygen atoms in total. The zero-order valence-corrected chi connectivity index (χ0v) is 19.5. The molecule has 0 aromatic carbocycles. The summed E-state index contributed by atoms with van der Waals surface area (Å²) in [5.74, 6) is 1.78. The molecule has 2 fully saturated rings. The fraction of sp³-hybridized carbons (Fsp3) is 0.750. The van der Waals surface area contributed by atoms with E-state index in [4.69, 9.17) is 18.9 Å². The average Bonchev–Trinajstić information content (AvgIpc) is 3.33. The van der Waals surface area contributed by atoms with Crippen LogP contribution in [0.4, 0.5) is 4.79 Å². The smallest absolute Gasteiger partial charge is 0.409 e. The van der Waals surface area contributed by atoms with Crippen LogP contribution in [0.3, 0.4) is 0 Å². The molecule has 1 aromatic heterocycles. The molecule has 1 aliphatic heterocycles.